The number of benzene rings is 1. The van der Waals surface area contributed by atoms with Crippen LogP contribution in [0.3, 0.4) is 0 Å². The van der Waals surface area contributed by atoms with E-state index in [2.05, 4.69) is 21.0 Å². The molecule has 0 fully saturated rings. The van der Waals surface area contributed by atoms with E-state index in [1.807, 2.05) is 0 Å². The SMILES string of the molecule is CSc1c([N+](=O)[O-])cnn1-c1ccc(C(F)(F)F)cc1Br. The van der Waals surface area contributed by atoms with Gasteiger partial charge in [-0.05, 0) is 40.4 Å². The van der Waals surface area contributed by atoms with Crippen LogP contribution in [0.15, 0.2) is 33.9 Å². The smallest absolute Gasteiger partial charge is 0.258 e. The maximum absolute atomic E-state index is 12.6. The number of rotatable bonds is 3. The molecule has 0 bridgehead atoms. The molecule has 5 nitrogen and oxygen atoms in total. The predicted molar refractivity (Wildman–Crippen MR) is 74.7 cm³/mol. The van der Waals surface area contributed by atoms with Gasteiger partial charge in [0.2, 0.25) is 0 Å². The highest BCUT2D eigenvalue weighted by atomic mass is 79.9. The van der Waals surface area contributed by atoms with Crippen molar-refractivity contribution in [3.05, 3.63) is 44.5 Å². The molecule has 1 aromatic carbocycles. The third-order valence-electron chi connectivity index (χ3n) is 2.60. The zero-order chi connectivity index (χ0) is 15.8. The lowest BCUT2D eigenvalue weighted by Crippen LogP contribution is -2.06. The van der Waals surface area contributed by atoms with Crippen molar-refractivity contribution >= 4 is 33.4 Å². The van der Waals surface area contributed by atoms with E-state index in [4.69, 9.17) is 0 Å². The Kier molecular flexibility index (Phi) is 4.28. The van der Waals surface area contributed by atoms with E-state index in [0.29, 0.717) is 5.69 Å². The molecule has 0 N–H and O–H groups in total. The Morgan fingerprint density at radius 1 is 1.43 bits per heavy atom. The zero-order valence-electron chi connectivity index (χ0n) is 10.4. The second kappa shape index (κ2) is 5.68. The number of nitrogens with zero attached hydrogens (tertiary/aromatic N) is 3. The zero-order valence-corrected chi connectivity index (χ0v) is 12.8. The van der Waals surface area contributed by atoms with E-state index in [0.717, 1.165) is 30.1 Å². The first kappa shape index (κ1) is 15.8. The summed E-state index contributed by atoms with van der Waals surface area (Å²) in [6, 6.07) is 3.02. The summed E-state index contributed by atoms with van der Waals surface area (Å²) in [4.78, 5) is 10.3. The fourth-order valence-corrected chi connectivity index (χ4v) is 2.87. The Bertz CT molecular complexity index is 703. The lowest BCUT2D eigenvalue weighted by atomic mass is 10.2. The van der Waals surface area contributed by atoms with Crippen LogP contribution in [0.4, 0.5) is 18.9 Å². The number of halogens is 4. The standard InChI is InChI=1S/C11H7BrF3N3O2S/c1-21-10-9(18(19)20)5-16-17(10)8-3-2-6(4-7(8)12)11(13,14)15/h2-5H,1H3. The monoisotopic (exact) mass is 381 g/mol. The topological polar surface area (TPSA) is 61.0 Å². The highest BCUT2D eigenvalue weighted by Gasteiger charge is 2.31. The Morgan fingerprint density at radius 3 is 2.57 bits per heavy atom. The summed E-state index contributed by atoms with van der Waals surface area (Å²) in [5.41, 5.74) is -0.722. The molecule has 0 unspecified atom stereocenters. The Hall–Kier alpha value is -1.55. The molecule has 1 heterocycles. The average Bonchev–Trinajstić information content (AvgIpc) is 2.81. The van der Waals surface area contributed by atoms with Gasteiger partial charge in [0.25, 0.3) is 0 Å². The fourth-order valence-electron chi connectivity index (χ4n) is 1.67. The van der Waals surface area contributed by atoms with Gasteiger partial charge in [-0.1, -0.05) is 0 Å². The van der Waals surface area contributed by atoms with Gasteiger partial charge < -0.3 is 0 Å². The van der Waals surface area contributed by atoms with Gasteiger partial charge >= 0.3 is 11.9 Å². The van der Waals surface area contributed by atoms with Crippen molar-refractivity contribution in [1.29, 1.82) is 0 Å². The molecular formula is C11H7BrF3N3O2S. The van der Waals surface area contributed by atoms with Gasteiger partial charge in [-0.15, -0.1) is 11.8 Å². The quantitative estimate of drug-likeness (QED) is 0.452. The summed E-state index contributed by atoms with van der Waals surface area (Å²) in [5, 5.41) is 15.0. The van der Waals surface area contributed by atoms with E-state index in [9.17, 15) is 23.3 Å². The van der Waals surface area contributed by atoms with Crippen molar-refractivity contribution in [2.24, 2.45) is 0 Å². The van der Waals surface area contributed by atoms with Crippen molar-refractivity contribution < 1.29 is 18.1 Å². The summed E-state index contributed by atoms with van der Waals surface area (Å²) in [6.45, 7) is 0. The molecule has 0 saturated carbocycles. The molecule has 0 amide bonds. The highest BCUT2D eigenvalue weighted by molar-refractivity contribution is 9.10. The van der Waals surface area contributed by atoms with Crippen LogP contribution in [0, 0.1) is 10.1 Å². The number of nitro groups is 1. The van der Waals surface area contributed by atoms with E-state index in [1.165, 1.54) is 10.7 Å². The number of hydrogen-bond acceptors (Lipinski definition) is 4. The molecule has 0 radical (unpaired) electrons. The molecule has 0 spiro atoms. The lowest BCUT2D eigenvalue weighted by Gasteiger charge is -2.11. The summed E-state index contributed by atoms with van der Waals surface area (Å²) < 4.78 is 39.2. The molecule has 2 rings (SSSR count). The van der Waals surface area contributed by atoms with Crippen LogP contribution < -0.4 is 0 Å². The number of alkyl halides is 3. The van der Waals surface area contributed by atoms with Crippen molar-refractivity contribution in [3.8, 4) is 5.69 Å². The van der Waals surface area contributed by atoms with E-state index in [1.54, 1.807) is 6.26 Å². The van der Waals surface area contributed by atoms with Gasteiger partial charge in [-0.25, -0.2) is 4.68 Å². The molecule has 2 aromatic rings. The second-order valence-corrected chi connectivity index (χ2v) is 5.52. The van der Waals surface area contributed by atoms with E-state index >= 15 is 0 Å². The highest BCUT2D eigenvalue weighted by Crippen LogP contribution is 2.36. The minimum absolute atomic E-state index is 0.144. The molecule has 0 saturated heterocycles. The van der Waals surface area contributed by atoms with Gasteiger partial charge in [-0.2, -0.15) is 18.3 Å². The Morgan fingerprint density at radius 2 is 2.10 bits per heavy atom. The number of aromatic nitrogens is 2. The van der Waals surface area contributed by atoms with Crippen molar-refractivity contribution in [1.82, 2.24) is 9.78 Å². The minimum atomic E-state index is -4.46. The molecule has 21 heavy (non-hydrogen) atoms. The third kappa shape index (κ3) is 3.05. The van der Waals surface area contributed by atoms with Crippen LogP contribution in [-0.4, -0.2) is 21.0 Å². The first-order chi connectivity index (χ1) is 9.75. The molecular weight excluding hydrogens is 375 g/mol. The maximum atomic E-state index is 12.6. The molecule has 0 atom stereocenters. The largest absolute Gasteiger partial charge is 0.416 e. The average molecular weight is 382 g/mol. The van der Waals surface area contributed by atoms with Crippen LogP contribution in [0.25, 0.3) is 5.69 Å². The summed E-state index contributed by atoms with van der Waals surface area (Å²) >= 11 is 4.13. The number of hydrogen-bond donors (Lipinski definition) is 0. The van der Waals surface area contributed by atoms with Crippen LogP contribution in [-0.2, 0) is 6.18 Å². The summed E-state index contributed by atoms with van der Waals surface area (Å²) in [5.74, 6) is 0. The first-order valence-corrected chi connectivity index (χ1v) is 7.41. The van der Waals surface area contributed by atoms with Crippen molar-refractivity contribution in [3.63, 3.8) is 0 Å². The van der Waals surface area contributed by atoms with Crippen molar-refractivity contribution in [2.45, 2.75) is 11.2 Å². The molecule has 112 valence electrons. The van der Waals surface area contributed by atoms with Crippen LogP contribution in [0.1, 0.15) is 5.56 Å². The van der Waals surface area contributed by atoms with Gasteiger partial charge in [0.05, 0.1) is 16.2 Å². The summed E-state index contributed by atoms with van der Waals surface area (Å²) in [6.07, 6.45) is -1.77. The van der Waals surface area contributed by atoms with E-state index < -0.39 is 16.7 Å². The molecule has 0 aliphatic rings. The third-order valence-corrected chi connectivity index (χ3v) is 4.00. The predicted octanol–water partition coefficient (Wildman–Crippen LogP) is 4.28. The number of thioether (sulfide) groups is 1. The van der Waals surface area contributed by atoms with Crippen molar-refractivity contribution in [2.75, 3.05) is 6.26 Å². The molecule has 10 heteroatoms. The maximum Gasteiger partial charge on any atom is 0.416 e. The Balaban J connectivity index is 2.56. The van der Waals surface area contributed by atoms with Crippen LogP contribution in [0.2, 0.25) is 0 Å². The normalized spacial score (nSPS) is 11.7. The molecule has 1 aromatic heterocycles. The summed E-state index contributed by atoms with van der Waals surface area (Å²) in [7, 11) is 0. The second-order valence-electron chi connectivity index (χ2n) is 3.87. The Labute approximate surface area is 129 Å². The molecule has 0 aliphatic heterocycles. The minimum Gasteiger partial charge on any atom is -0.258 e. The van der Waals surface area contributed by atoms with Crippen LogP contribution in [0.5, 0.6) is 0 Å². The van der Waals surface area contributed by atoms with Gasteiger partial charge in [0.1, 0.15) is 6.20 Å². The first-order valence-electron chi connectivity index (χ1n) is 5.39. The fraction of sp³-hybridized carbons (Fsp3) is 0.182. The molecule has 0 aliphatic carbocycles. The lowest BCUT2D eigenvalue weighted by molar-refractivity contribution is -0.387. The van der Waals surface area contributed by atoms with Crippen LogP contribution >= 0.6 is 27.7 Å². The van der Waals surface area contributed by atoms with Gasteiger partial charge in [0.15, 0.2) is 5.03 Å². The van der Waals surface area contributed by atoms with Gasteiger partial charge in [0, 0.05) is 4.47 Å². The van der Waals surface area contributed by atoms with Gasteiger partial charge in [-0.3, -0.25) is 10.1 Å². The van der Waals surface area contributed by atoms with E-state index in [-0.39, 0.29) is 15.2 Å².